The van der Waals surface area contributed by atoms with Gasteiger partial charge in [0.1, 0.15) is 0 Å². The Morgan fingerprint density at radius 3 is 3.08 bits per heavy atom. The first-order chi connectivity index (χ1) is 5.83. The second kappa shape index (κ2) is 5.18. The number of hydrogen-bond donors (Lipinski definition) is 1. The van der Waals surface area contributed by atoms with Gasteiger partial charge in [0.15, 0.2) is 0 Å². The number of terminal acetylenes is 1. The lowest BCUT2D eigenvalue weighted by Crippen LogP contribution is -2.43. The summed E-state index contributed by atoms with van der Waals surface area (Å²) >= 11 is 0. The molecule has 68 valence electrons. The first-order valence-corrected chi connectivity index (χ1v) is 4.74. The van der Waals surface area contributed by atoms with Crippen LogP contribution in [0.2, 0.25) is 0 Å². The van der Waals surface area contributed by atoms with Crippen molar-refractivity contribution in [3.63, 3.8) is 0 Å². The van der Waals surface area contributed by atoms with Crippen molar-refractivity contribution in [1.29, 1.82) is 0 Å². The Morgan fingerprint density at radius 2 is 2.42 bits per heavy atom. The van der Waals surface area contributed by atoms with Gasteiger partial charge in [0.2, 0.25) is 0 Å². The quantitative estimate of drug-likeness (QED) is 0.497. The summed E-state index contributed by atoms with van der Waals surface area (Å²) < 4.78 is 0. The number of likely N-dealkylation sites (tertiary alicyclic amines) is 1. The lowest BCUT2D eigenvalue weighted by molar-refractivity contribution is 0.208. The van der Waals surface area contributed by atoms with Crippen LogP contribution >= 0.6 is 0 Å². The number of nitrogens with two attached hydrogens (primary N) is 1. The van der Waals surface area contributed by atoms with Gasteiger partial charge in [0, 0.05) is 19.0 Å². The van der Waals surface area contributed by atoms with Gasteiger partial charge in [-0.25, -0.2) is 0 Å². The van der Waals surface area contributed by atoms with E-state index in [0.29, 0.717) is 6.04 Å². The molecular weight excluding hydrogens is 148 g/mol. The fourth-order valence-corrected chi connectivity index (χ4v) is 1.70. The van der Waals surface area contributed by atoms with E-state index in [-0.39, 0.29) is 0 Å². The maximum Gasteiger partial charge on any atom is 0.0168 e. The van der Waals surface area contributed by atoms with Gasteiger partial charge in [-0.1, -0.05) is 0 Å². The van der Waals surface area contributed by atoms with Crippen LogP contribution in [0.3, 0.4) is 0 Å². The Hall–Kier alpha value is -0.520. The average molecular weight is 166 g/mol. The molecule has 0 aliphatic carbocycles. The monoisotopic (exact) mass is 166 g/mol. The van der Waals surface area contributed by atoms with E-state index in [1.165, 1.54) is 19.4 Å². The van der Waals surface area contributed by atoms with E-state index in [2.05, 4.69) is 10.8 Å². The molecule has 0 aromatic heterocycles. The first-order valence-electron chi connectivity index (χ1n) is 4.74. The Kier molecular flexibility index (Phi) is 4.13. The summed E-state index contributed by atoms with van der Waals surface area (Å²) in [5.41, 5.74) is 5.85. The Bertz CT molecular complexity index is 160. The molecule has 0 bridgehead atoms. The summed E-state index contributed by atoms with van der Waals surface area (Å²) in [6.45, 7) is 3.39. The van der Waals surface area contributed by atoms with Gasteiger partial charge in [-0.05, 0) is 32.4 Å². The highest BCUT2D eigenvalue weighted by Gasteiger charge is 2.15. The second-order valence-corrected chi connectivity index (χ2v) is 3.51. The number of rotatable bonds is 3. The van der Waals surface area contributed by atoms with Crippen LogP contribution in [0.4, 0.5) is 0 Å². The SMILES string of the molecule is C#CCCCN1CCC[C@@H](N)C1. The standard InChI is InChI=1S/C10H18N2/c1-2-3-4-7-12-8-5-6-10(11)9-12/h1,10H,3-9,11H2/t10-/m1/s1. The number of piperidine rings is 1. The van der Waals surface area contributed by atoms with Crippen molar-refractivity contribution in [3.05, 3.63) is 0 Å². The largest absolute Gasteiger partial charge is 0.327 e. The van der Waals surface area contributed by atoms with Crippen LogP contribution in [0, 0.1) is 12.3 Å². The van der Waals surface area contributed by atoms with Crippen molar-refractivity contribution in [2.75, 3.05) is 19.6 Å². The van der Waals surface area contributed by atoms with Crippen LogP contribution in [0.15, 0.2) is 0 Å². The van der Waals surface area contributed by atoms with E-state index in [1.807, 2.05) is 0 Å². The molecule has 1 aliphatic rings. The number of unbranched alkanes of at least 4 members (excludes halogenated alkanes) is 1. The molecule has 2 N–H and O–H groups in total. The van der Waals surface area contributed by atoms with Gasteiger partial charge >= 0.3 is 0 Å². The summed E-state index contributed by atoms with van der Waals surface area (Å²) in [7, 11) is 0. The molecule has 1 fully saturated rings. The minimum Gasteiger partial charge on any atom is -0.327 e. The number of hydrogen-bond acceptors (Lipinski definition) is 2. The zero-order valence-electron chi connectivity index (χ0n) is 7.63. The smallest absolute Gasteiger partial charge is 0.0168 e. The molecule has 0 spiro atoms. The van der Waals surface area contributed by atoms with E-state index in [1.54, 1.807) is 0 Å². The molecule has 0 radical (unpaired) electrons. The first kappa shape index (κ1) is 9.57. The van der Waals surface area contributed by atoms with Crippen LogP contribution < -0.4 is 5.73 Å². The van der Waals surface area contributed by atoms with Crippen molar-refractivity contribution >= 4 is 0 Å². The number of nitrogens with zero attached hydrogens (tertiary/aromatic N) is 1. The topological polar surface area (TPSA) is 29.3 Å². The van der Waals surface area contributed by atoms with E-state index in [9.17, 15) is 0 Å². The fourth-order valence-electron chi connectivity index (χ4n) is 1.70. The third-order valence-corrected chi connectivity index (χ3v) is 2.34. The van der Waals surface area contributed by atoms with Gasteiger partial charge in [-0.3, -0.25) is 0 Å². The fraction of sp³-hybridized carbons (Fsp3) is 0.800. The molecule has 1 rings (SSSR count). The Morgan fingerprint density at radius 1 is 1.58 bits per heavy atom. The van der Waals surface area contributed by atoms with Gasteiger partial charge in [0.25, 0.3) is 0 Å². The highest BCUT2D eigenvalue weighted by molar-refractivity contribution is 4.84. The molecule has 2 nitrogen and oxygen atoms in total. The Balaban J connectivity index is 2.11. The summed E-state index contributed by atoms with van der Waals surface area (Å²) in [6.07, 6.45) is 9.62. The molecule has 0 aromatic carbocycles. The van der Waals surface area contributed by atoms with Gasteiger partial charge in [-0.2, -0.15) is 0 Å². The maximum atomic E-state index is 5.85. The minimum atomic E-state index is 0.393. The van der Waals surface area contributed by atoms with Gasteiger partial charge < -0.3 is 10.6 Å². The van der Waals surface area contributed by atoms with Crippen LogP contribution in [-0.2, 0) is 0 Å². The molecule has 12 heavy (non-hydrogen) atoms. The minimum absolute atomic E-state index is 0.393. The lowest BCUT2D eigenvalue weighted by Gasteiger charge is -2.30. The molecule has 0 amide bonds. The van der Waals surface area contributed by atoms with E-state index < -0.39 is 0 Å². The highest BCUT2D eigenvalue weighted by atomic mass is 15.1. The third kappa shape index (κ3) is 3.25. The third-order valence-electron chi connectivity index (χ3n) is 2.34. The summed E-state index contributed by atoms with van der Waals surface area (Å²) in [5, 5.41) is 0. The Labute approximate surface area is 75.1 Å². The van der Waals surface area contributed by atoms with Crippen LogP contribution in [0.25, 0.3) is 0 Å². The zero-order valence-corrected chi connectivity index (χ0v) is 7.63. The molecule has 1 atom stereocenters. The molecular formula is C10H18N2. The van der Waals surface area contributed by atoms with Crippen molar-refractivity contribution < 1.29 is 0 Å². The van der Waals surface area contributed by atoms with E-state index in [0.717, 1.165) is 25.9 Å². The summed E-state index contributed by atoms with van der Waals surface area (Å²) in [6, 6.07) is 0.393. The highest BCUT2D eigenvalue weighted by Crippen LogP contribution is 2.08. The maximum absolute atomic E-state index is 5.85. The van der Waals surface area contributed by atoms with E-state index in [4.69, 9.17) is 12.2 Å². The summed E-state index contributed by atoms with van der Waals surface area (Å²) in [4.78, 5) is 2.42. The van der Waals surface area contributed by atoms with Crippen LogP contribution in [-0.4, -0.2) is 30.6 Å². The van der Waals surface area contributed by atoms with Crippen molar-refractivity contribution in [1.82, 2.24) is 4.90 Å². The van der Waals surface area contributed by atoms with Crippen molar-refractivity contribution in [2.24, 2.45) is 5.73 Å². The lowest BCUT2D eigenvalue weighted by atomic mass is 10.1. The predicted molar refractivity (Wildman–Crippen MR) is 51.7 cm³/mol. The molecule has 0 saturated carbocycles. The summed E-state index contributed by atoms with van der Waals surface area (Å²) in [5.74, 6) is 2.66. The molecule has 1 aliphatic heterocycles. The van der Waals surface area contributed by atoms with Gasteiger partial charge in [-0.15, -0.1) is 12.3 Å². The zero-order chi connectivity index (χ0) is 8.81. The molecule has 1 heterocycles. The van der Waals surface area contributed by atoms with Crippen LogP contribution in [0.5, 0.6) is 0 Å². The molecule has 2 heteroatoms. The van der Waals surface area contributed by atoms with Gasteiger partial charge in [0.05, 0.1) is 0 Å². The second-order valence-electron chi connectivity index (χ2n) is 3.51. The van der Waals surface area contributed by atoms with Crippen LogP contribution in [0.1, 0.15) is 25.7 Å². The predicted octanol–water partition coefficient (Wildman–Crippen LogP) is 0.823. The average Bonchev–Trinajstić information content (AvgIpc) is 2.05. The molecule has 0 aromatic rings. The molecule has 1 saturated heterocycles. The molecule has 0 unspecified atom stereocenters. The van der Waals surface area contributed by atoms with E-state index >= 15 is 0 Å². The normalized spacial score (nSPS) is 25.2. The van der Waals surface area contributed by atoms with Crippen molar-refractivity contribution in [2.45, 2.75) is 31.7 Å². The van der Waals surface area contributed by atoms with Crippen molar-refractivity contribution in [3.8, 4) is 12.3 Å².